The van der Waals surface area contributed by atoms with Crippen molar-refractivity contribution in [2.45, 2.75) is 357 Å². The Balaban J connectivity index is 1.49. The average molecular weight is 1190 g/mol. The highest BCUT2D eigenvalue weighted by Gasteiger charge is 2.51. The molecule has 2 rings (SSSR count). The van der Waals surface area contributed by atoms with E-state index in [2.05, 4.69) is 54.8 Å². The largest absolute Gasteiger partial charge is 0.394 e. The van der Waals surface area contributed by atoms with E-state index in [9.17, 15) is 45.6 Å². The summed E-state index contributed by atoms with van der Waals surface area (Å²) in [6.45, 7) is 2.53. The quantitative estimate of drug-likeness (QED) is 0.0204. The zero-order valence-electron chi connectivity index (χ0n) is 53.1. The second-order valence-electron chi connectivity index (χ2n) is 24.3. The van der Waals surface area contributed by atoms with Gasteiger partial charge < -0.3 is 65.1 Å². The van der Waals surface area contributed by atoms with Crippen LogP contribution in [0.4, 0.5) is 0 Å². The van der Waals surface area contributed by atoms with Crippen molar-refractivity contribution in [3.8, 4) is 0 Å². The lowest BCUT2D eigenvalue weighted by Gasteiger charge is -2.46. The van der Waals surface area contributed by atoms with Crippen LogP contribution in [0.3, 0.4) is 0 Å². The first-order valence-electron chi connectivity index (χ1n) is 34.5. The van der Waals surface area contributed by atoms with E-state index in [1.54, 1.807) is 6.08 Å². The number of aliphatic hydroxyl groups is 8. The first-order valence-corrected chi connectivity index (χ1v) is 34.5. The predicted octanol–water partition coefficient (Wildman–Crippen LogP) is 13.7. The van der Waals surface area contributed by atoms with Crippen LogP contribution < -0.4 is 5.32 Å². The molecule has 84 heavy (non-hydrogen) atoms. The van der Waals surface area contributed by atoms with Gasteiger partial charge in [-0.1, -0.05) is 267 Å². The third-order valence-electron chi connectivity index (χ3n) is 16.7. The summed E-state index contributed by atoms with van der Waals surface area (Å²) in [6, 6.07) is -0.935. The Labute approximate surface area is 511 Å². The van der Waals surface area contributed by atoms with Crippen LogP contribution in [-0.4, -0.2) is 140 Å². The van der Waals surface area contributed by atoms with Gasteiger partial charge in [-0.05, 0) is 71.1 Å². The van der Waals surface area contributed by atoms with Crippen molar-refractivity contribution in [3.05, 3.63) is 60.8 Å². The van der Waals surface area contributed by atoms with Gasteiger partial charge in [-0.25, -0.2) is 0 Å². The number of allylic oxidation sites excluding steroid dienone is 9. The molecule has 490 valence electrons. The van der Waals surface area contributed by atoms with E-state index in [1.807, 2.05) is 19.1 Å². The fraction of sp³-hybridized carbons (Fsp3) is 0.843. The lowest BCUT2D eigenvalue weighted by molar-refractivity contribution is -0.359. The van der Waals surface area contributed by atoms with Gasteiger partial charge in [-0.3, -0.25) is 4.79 Å². The minimum atomic E-state index is -1.79. The maximum atomic E-state index is 13.2. The van der Waals surface area contributed by atoms with Crippen LogP contribution in [0, 0.1) is 0 Å². The van der Waals surface area contributed by atoms with E-state index in [1.165, 1.54) is 205 Å². The molecule has 14 heteroatoms. The average Bonchev–Trinajstić information content (AvgIpc) is 2.95. The molecule has 0 radical (unpaired) electrons. The minimum absolute atomic E-state index is 0.253. The number of carbonyl (C=O) groups excluding carboxylic acids is 1. The Morgan fingerprint density at radius 2 is 0.845 bits per heavy atom. The highest BCUT2D eigenvalue weighted by molar-refractivity contribution is 5.76. The number of hydrogen-bond donors (Lipinski definition) is 9. The molecule has 0 saturated carbocycles. The molecule has 0 aromatic carbocycles. The summed E-state index contributed by atoms with van der Waals surface area (Å²) in [6.07, 6.45) is 56.6. The number of unbranched alkanes of at least 4 members (excludes halogenated alkanes) is 36. The molecule has 9 N–H and O–H groups in total. The molecule has 0 spiro atoms. The zero-order valence-corrected chi connectivity index (χ0v) is 53.1. The highest BCUT2D eigenvalue weighted by Crippen LogP contribution is 2.30. The van der Waals surface area contributed by atoms with Crippen LogP contribution in [-0.2, 0) is 23.7 Å². The van der Waals surface area contributed by atoms with Gasteiger partial charge in [0.05, 0.1) is 32.0 Å². The molecule has 0 bridgehead atoms. The molecule has 12 atom stereocenters. The molecule has 0 aromatic rings. The molecule has 2 fully saturated rings. The Kier molecular flexibility index (Phi) is 50.8. The summed E-state index contributed by atoms with van der Waals surface area (Å²) in [5, 5.41) is 86.8. The topological polar surface area (TPSA) is 228 Å². The lowest BCUT2D eigenvalue weighted by atomic mass is 9.97. The smallest absolute Gasteiger partial charge is 0.220 e. The fourth-order valence-electron chi connectivity index (χ4n) is 11.2. The third kappa shape index (κ3) is 38.9. The Morgan fingerprint density at radius 1 is 0.452 bits per heavy atom. The van der Waals surface area contributed by atoms with Gasteiger partial charge in [0.2, 0.25) is 5.91 Å². The molecule has 0 aromatic heterocycles. The van der Waals surface area contributed by atoms with Crippen LogP contribution in [0.1, 0.15) is 284 Å². The van der Waals surface area contributed by atoms with Crippen molar-refractivity contribution in [3.63, 3.8) is 0 Å². The Bertz CT molecular complexity index is 1640. The molecular formula is C70H127NO13. The summed E-state index contributed by atoms with van der Waals surface area (Å²) >= 11 is 0. The number of carbonyl (C=O) groups is 1. The summed E-state index contributed by atoms with van der Waals surface area (Å²) in [5.74, 6) is -0.253. The Morgan fingerprint density at radius 3 is 1.30 bits per heavy atom. The summed E-state index contributed by atoms with van der Waals surface area (Å²) < 4.78 is 22.7. The monoisotopic (exact) mass is 1190 g/mol. The van der Waals surface area contributed by atoms with Crippen molar-refractivity contribution < 1.29 is 64.6 Å². The van der Waals surface area contributed by atoms with Crippen LogP contribution in [0.15, 0.2) is 60.8 Å². The maximum absolute atomic E-state index is 13.2. The molecule has 2 aliphatic rings. The maximum Gasteiger partial charge on any atom is 0.220 e. The van der Waals surface area contributed by atoms with Crippen LogP contribution in [0.25, 0.3) is 0 Å². The van der Waals surface area contributed by atoms with E-state index in [4.69, 9.17) is 18.9 Å². The second kappa shape index (κ2) is 54.8. The minimum Gasteiger partial charge on any atom is -0.394 e. The normalized spacial score (nSPS) is 24.0. The van der Waals surface area contributed by atoms with Gasteiger partial charge in [-0.2, -0.15) is 0 Å². The summed E-state index contributed by atoms with van der Waals surface area (Å²) in [7, 11) is 0. The van der Waals surface area contributed by atoms with E-state index < -0.39 is 86.8 Å². The molecular weight excluding hydrogens is 1060 g/mol. The Hall–Kier alpha value is -2.31. The molecule has 0 aliphatic carbocycles. The SMILES string of the molecule is C/C=C/CC/C=C/CC/C=C/C(O)C(COC1OC(CO)C(OC2OC(CO)C(O)C(O)C2O)C(O)C1O)NC(=O)CCCCCCCCCCCCCCCCCCCCCCCCCCCCCCC/C=C\C/C=C\CCCCCCC. The molecule has 2 saturated heterocycles. The van der Waals surface area contributed by atoms with Crippen LogP contribution in [0.5, 0.6) is 0 Å². The lowest BCUT2D eigenvalue weighted by Crippen LogP contribution is -2.65. The molecule has 2 heterocycles. The number of aliphatic hydroxyl groups excluding tert-OH is 8. The van der Waals surface area contributed by atoms with Gasteiger partial charge in [0, 0.05) is 6.42 Å². The third-order valence-corrected chi connectivity index (χ3v) is 16.7. The summed E-state index contributed by atoms with van der Waals surface area (Å²) in [5.41, 5.74) is 0. The van der Waals surface area contributed by atoms with Gasteiger partial charge in [0.1, 0.15) is 48.8 Å². The number of ether oxygens (including phenoxy) is 4. The van der Waals surface area contributed by atoms with Crippen LogP contribution in [0.2, 0.25) is 0 Å². The van der Waals surface area contributed by atoms with Crippen molar-refractivity contribution in [2.24, 2.45) is 0 Å². The van der Waals surface area contributed by atoms with Crippen LogP contribution >= 0.6 is 0 Å². The molecule has 2 aliphatic heterocycles. The predicted molar refractivity (Wildman–Crippen MR) is 341 cm³/mol. The molecule has 14 nitrogen and oxygen atoms in total. The van der Waals surface area contributed by atoms with Crippen molar-refractivity contribution >= 4 is 5.91 Å². The van der Waals surface area contributed by atoms with E-state index >= 15 is 0 Å². The fourth-order valence-corrected chi connectivity index (χ4v) is 11.2. The van der Waals surface area contributed by atoms with E-state index in [0.29, 0.717) is 12.8 Å². The van der Waals surface area contributed by atoms with E-state index in [-0.39, 0.29) is 18.9 Å². The number of amides is 1. The molecule has 12 unspecified atom stereocenters. The van der Waals surface area contributed by atoms with E-state index in [0.717, 1.165) is 44.9 Å². The number of nitrogens with one attached hydrogen (secondary N) is 1. The van der Waals surface area contributed by atoms with Gasteiger partial charge >= 0.3 is 0 Å². The van der Waals surface area contributed by atoms with Gasteiger partial charge in [0.15, 0.2) is 12.6 Å². The number of hydrogen-bond acceptors (Lipinski definition) is 13. The molecule has 1 amide bonds. The van der Waals surface area contributed by atoms with Crippen molar-refractivity contribution in [2.75, 3.05) is 19.8 Å². The first kappa shape index (κ1) is 77.8. The van der Waals surface area contributed by atoms with Gasteiger partial charge in [0.25, 0.3) is 0 Å². The zero-order chi connectivity index (χ0) is 60.9. The first-order chi connectivity index (χ1) is 41.1. The summed E-state index contributed by atoms with van der Waals surface area (Å²) in [4.78, 5) is 13.2. The number of rotatable bonds is 56. The standard InChI is InChI=1S/C70H127NO13/c1-3-5-7-9-11-13-14-15-16-17-18-19-20-21-22-23-24-25-26-27-28-29-30-31-32-33-34-35-36-37-38-39-40-41-42-43-44-46-48-50-52-54-62(75)71-58(59(74)53-51-49-47-45-12-10-8-6-4-2)57-81-69-67(80)65(78)68(61(56-73)83-69)84-70-66(79)64(77)63(76)60(55-72)82-70/h4,6,12,14-15,17-18,45,51,53,58-61,63-70,72-74,76-80H,3,5,7-11,13,16,19-44,46-50,52,54-57H2,1-2H3,(H,71,75)/b6-4+,15-14-,18-17-,45-12+,53-51+. The van der Waals surface area contributed by atoms with Gasteiger partial charge in [-0.15, -0.1) is 0 Å². The van der Waals surface area contributed by atoms with Crippen molar-refractivity contribution in [1.29, 1.82) is 0 Å². The second-order valence-corrected chi connectivity index (χ2v) is 24.3. The van der Waals surface area contributed by atoms with Crippen molar-refractivity contribution in [1.82, 2.24) is 5.32 Å². The highest BCUT2D eigenvalue weighted by atomic mass is 16.7.